The monoisotopic (exact) mass is 349 g/mol. The van der Waals surface area contributed by atoms with Gasteiger partial charge in [0.05, 0.1) is 11.9 Å². The van der Waals surface area contributed by atoms with Crippen LogP contribution in [0.2, 0.25) is 0 Å². The van der Waals surface area contributed by atoms with Gasteiger partial charge >= 0.3 is 0 Å². The molecule has 3 rings (SSSR count). The molecule has 0 saturated heterocycles. The van der Waals surface area contributed by atoms with Gasteiger partial charge in [-0.15, -0.1) is 0 Å². The molecule has 0 atom stereocenters. The number of rotatable bonds is 5. The standard InChI is InChI=1S/C20H16FN3O2/c1-13(25)14-5-7-17(8-6-14)23-18-9-10-19(22-12-18)24-20(26)15-3-2-4-16(21)11-15/h2-12,23H,1H3,(H,22,24,26). The number of carbonyl (C=O) groups is 2. The van der Waals surface area contributed by atoms with Crippen LogP contribution in [0.1, 0.15) is 27.6 Å². The van der Waals surface area contributed by atoms with Crippen LogP contribution in [0.4, 0.5) is 21.6 Å². The van der Waals surface area contributed by atoms with Crippen molar-refractivity contribution in [3.8, 4) is 0 Å². The Labute approximate surface area is 149 Å². The van der Waals surface area contributed by atoms with E-state index in [0.717, 1.165) is 17.4 Å². The quantitative estimate of drug-likeness (QED) is 0.669. The maximum Gasteiger partial charge on any atom is 0.256 e. The number of aromatic nitrogens is 1. The third-order valence-electron chi connectivity index (χ3n) is 3.67. The fourth-order valence-corrected chi connectivity index (χ4v) is 2.31. The van der Waals surface area contributed by atoms with Gasteiger partial charge in [0.15, 0.2) is 5.78 Å². The number of anilines is 3. The average Bonchev–Trinajstić information content (AvgIpc) is 2.64. The number of halogens is 1. The molecular formula is C20H16FN3O2. The molecule has 2 aromatic carbocycles. The maximum absolute atomic E-state index is 13.2. The molecule has 1 amide bonds. The summed E-state index contributed by atoms with van der Waals surface area (Å²) in [5.41, 5.74) is 2.40. The van der Waals surface area contributed by atoms with Crippen LogP contribution in [0.15, 0.2) is 66.9 Å². The molecule has 130 valence electrons. The summed E-state index contributed by atoms with van der Waals surface area (Å²) in [6, 6.07) is 15.9. The van der Waals surface area contributed by atoms with Gasteiger partial charge in [-0.1, -0.05) is 6.07 Å². The summed E-state index contributed by atoms with van der Waals surface area (Å²) >= 11 is 0. The van der Waals surface area contributed by atoms with Gasteiger partial charge in [-0.3, -0.25) is 9.59 Å². The van der Waals surface area contributed by atoms with Crippen molar-refractivity contribution in [3.05, 3.63) is 83.8 Å². The van der Waals surface area contributed by atoms with Crippen molar-refractivity contribution in [2.24, 2.45) is 0 Å². The van der Waals surface area contributed by atoms with Gasteiger partial charge in [0, 0.05) is 16.8 Å². The molecule has 26 heavy (non-hydrogen) atoms. The first-order valence-electron chi connectivity index (χ1n) is 7.92. The lowest BCUT2D eigenvalue weighted by molar-refractivity contribution is 0.101. The fraction of sp³-hybridized carbons (Fsp3) is 0.0500. The van der Waals surface area contributed by atoms with Gasteiger partial charge in [0.1, 0.15) is 11.6 Å². The molecule has 0 saturated carbocycles. The highest BCUT2D eigenvalue weighted by Gasteiger charge is 2.08. The summed E-state index contributed by atoms with van der Waals surface area (Å²) in [5.74, 6) is -0.535. The smallest absolute Gasteiger partial charge is 0.256 e. The van der Waals surface area contributed by atoms with Gasteiger partial charge in [-0.05, 0) is 61.5 Å². The highest BCUT2D eigenvalue weighted by atomic mass is 19.1. The number of pyridine rings is 1. The molecule has 0 radical (unpaired) electrons. The molecule has 0 aliphatic carbocycles. The summed E-state index contributed by atoms with van der Waals surface area (Å²) in [5, 5.41) is 5.77. The zero-order chi connectivity index (χ0) is 18.5. The van der Waals surface area contributed by atoms with E-state index >= 15 is 0 Å². The highest BCUT2D eigenvalue weighted by Crippen LogP contribution is 2.18. The van der Waals surface area contributed by atoms with Crippen molar-refractivity contribution >= 4 is 28.9 Å². The molecule has 0 spiro atoms. The van der Waals surface area contributed by atoms with E-state index in [-0.39, 0.29) is 11.3 Å². The van der Waals surface area contributed by atoms with Gasteiger partial charge < -0.3 is 10.6 Å². The van der Waals surface area contributed by atoms with Crippen LogP contribution in [0.5, 0.6) is 0 Å². The number of hydrogen-bond acceptors (Lipinski definition) is 4. The van der Waals surface area contributed by atoms with E-state index in [2.05, 4.69) is 15.6 Å². The lowest BCUT2D eigenvalue weighted by atomic mass is 10.1. The predicted octanol–water partition coefficient (Wildman–Crippen LogP) is 4.42. The summed E-state index contributed by atoms with van der Waals surface area (Å²) < 4.78 is 13.2. The van der Waals surface area contributed by atoms with Crippen LogP contribution in [-0.4, -0.2) is 16.7 Å². The van der Waals surface area contributed by atoms with Crippen molar-refractivity contribution < 1.29 is 14.0 Å². The second kappa shape index (κ2) is 7.57. The minimum atomic E-state index is -0.471. The van der Waals surface area contributed by atoms with Crippen LogP contribution in [0.3, 0.4) is 0 Å². The highest BCUT2D eigenvalue weighted by molar-refractivity contribution is 6.03. The molecule has 0 aliphatic heterocycles. The van der Waals surface area contributed by atoms with Gasteiger partial charge in [-0.25, -0.2) is 9.37 Å². The summed E-state index contributed by atoms with van der Waals surface area (Å²) in [4.78, 5) is 27.5. The predicted molar refractivity (Wildman–Crippen MR) is 98.3 cm³/mol. The third-order valence-corrected chi connectivity index (χ3v) is 3.67. The van der Waals surface area contributed by atoms with Crippen molar-refractivity contribution in [1.82, 2.24) is 4.98 Å². The Balaban J connectivity index is 1.64. The molecule has 3 aromatic rings. The Morgan fingerprint density at radius 2 is 1.65 bits per heavy atom. The molecule has 6 heteroatoms. The number of hydrogen-bond donors (Lipinski definition) is 2. The van der Waals surface area contributed by atoms with Gasteiger partial charge in [0.25, 0.3) is 5.91 Å². The van der Waals surface area contributed by atoms with Crippen LogP contribution < -0.4 is 10.6 Å². The molecule has 1 heterocycles. The zero-order valence-electron chi connectivity index (χ0n) is 14.0. The number of ketones is 1. The molecule has 1 aromatic heterocycles. The molecule has 0 aliphatic rings. The van der Waals surface area contributed by atoms with E-state index in [4.69, 9.17) is 0 Å². The number of benzene rings is 2. The van der Waals surface area contributed by atoms with Crippen molar-refractivity contribution in [3.63, 3.8) is 0 Å². The third kappa shape index (κ3) is 4.30. The van der Waals surface area contributed by atoms with Crippen LogP contribution in [0.25, 0.3) is 0 Å². The molecule has 5 nitrogen and oxygen atoms in total. The van der Waals surface area contributed by atoms with E-state index in [9.17, 15) is 14.0 Å². The Hall–Kier alpha value is -3.54. The van der Waals surface area contributed by atoms with E-state index in [1.165, 1.54) is 25.1 Å². The van der Waals surface area contributed by atoms with Crippen molar-refractivity contribution in [1.29, 1.82) is 0 Å². The Morgan fingerprint density at radius 1 is 0.923 bits per heavy atom. The van der Waals surface area contributed by atoms with Crippen LogP contribution >= 0.6 is 0 Å². The first-order valence-corrected chi connectivity index (χ1v) is 7.92. The molecule has 0 bridgehead atoms. The molecular weight excluding hydrogens is 333 g/mol. The lowest BCUT2D eigenvalue weighted by Crippen LogP contribution is -2.13. The van der Waals surface area contributed by atoms with E-state index in [1.807, 2.05) is 0 Å². The summed E-state index contributed by atoms with van der Waals surface area (Å²) in [7, 11) is 0. The first-order chi connectivity index (χ1) is 12.5. The lowest BCUT2D eigenvalue weighted by Gasteiger charge is -2.08. The maximum atomic E-state index is 13.2. The Kier molecular flexibility index (Phi) is 5.03. The zero-order valence-corrected chi connectivity index (χ0v) is 14.0. The van der Waals surface area contributed by atoms with E-state index < -0.39 is 11.7 Å². The van der Waals surface area contributed by atoms with Crippen molar-refractivity contribution in [2.75, 3.05) is 10.6 Å². The van der Waals surface area contributed by atoms with Crippen LogP contribution in [0, 0.1) is 5.82 Å². The number of nitrogens with one attached hydrogen (secondary N) is 2. The van der Waals surface area contributed by atoms with E-state index in [0.29, 0.717) is 11.4 Å². The van der Waals surface area contributed by atoms with Gasteiger partial charge in [-0.2, -0.15) is 0 Å². The van der Waals surface area contributed by atoms with Gasteiger partial charge in [0.2, 0.25) is 0 Å². The second-order valence-corrected chi connectivity index (χ2v) is 5.66. The number of amides is 1. The fourth-order valence-electron chi connectivity index (χ4n) is 2.31. The topological polar surface area (TPSA) is 71.1 Å². The molecule has 0 fully saturated rings. The Morgan fingerprint density at radius 3 is 2.27 bits per heavy atom. The minimum absolute atomic E-state index is 0.0107. The van der Waals surface area contributed by atoms with Crippen LogP contribution in [-0.2, 0) is 0 Å². The average molecular weight is 349 g/mol. The number of nitrogens with zero attached hydrogens (tertiary/aromatic N) is 1. The van der Waals surface area contributed by atoms with E-state index in [1.54, 1.807) is 42.6 Å². The normalized spacial score (nSPS) is 10.2. The largest absolute Gasteiger partial charge is 0.354 e. The number of Topliss-reactive ketones (excluding diaryl/α,β-unsaturated/α-hetero) is 1. The SMILES string of the molecule is CC(=O)c1ccc(Nc2ccc(NC(=O)c3cccc(F)c3)nc2)cc1. The minimum Gasteiger partial charge on any atom is -0.354 e. The summed E-state index contributed by atoms with van der Waals surface area (Å²) in [6.07, 6.45) is 1.57. The first kappa shape index (κ1) is 17.3. The Bertz CT molecular complexity index is 938. The molecule has 2 N–H and O–H groups in total. The number of carbonyl (C=O) groups excluding carboxylic acids is 2. The molecule has 0 unspecified atom stereocenters. The second-order valence-electron chi connectivity index (χ2n) is 5.66. The summed E-state index contributed by atoms with van der Waals surface area (Å²) in [6.45, 7) is 1.52. The van der Waals surface area contributed by atoms with Crippen molar-refractivity contribution in [2.45, 2.75) is 6.92 Å².